The summed E-state index contributed by atoms with van der Waals surface area (Å²) in [5.41, 5.74) is 4.92. The molecule has 2 aromatic rings. The van der Waals surface area contributed by atoms with Gasteiger partial charge in [0.1, 0.15) is 5.82 Å². The van der Waals surface area contributed by atoms with E-state index in [4.69, 9.17) is 9.84 Å². The summed E-state index contributed by atoms with van der Waals surface area (Å²) in [5, 5.41) is 10.7. The van der Waals surface area contributed by atoms with Crippen LogP contribution in [0.3, 0.4) is 0 Å². The second-order valence-corrected chi connectivity index (χ2v) is 7.27. The largest absolute Gasteiger partial charge is 0.400 e. The number of benzene rings is 2. The van der Waals surface area contributed by atoms with Gasteiger partial charge in [-0.3, -0.25) is 0 Å². The average molecular weight is 357 g/mol. The molecule has 0 aromatic heterocycles. The molecule has 2 heterocycles. The van der Waals surface area contributed by atoms with Gasteiger partial charge >= 0.3 is 0 Å². The normalized spacial score (nSPS) is 24.0. The number of aliphatic hydroxyl groups excluding tert-OH is 1. The molecule has 0 saturated carbocycles. The fourth-order valence-electron chi connectivity index (χ4n) is 4.05. The number of rotatable bonds is 2. The molecular weight excluding hydrogens is 329 g/mol. The number of ether oxygens (including phenoxy) is 1. The summed E-state index contributed by atoms with van der Waals surface area (Å²) in [6.07, 6.45) is 2.34. The monoisotopic (exact) mass is 357 g/mol. The van der Waals surface area contributed by atoms with Gasteiger partial charge in [0, 0.05) is 30.9 Å². The highest BCUT2D eigenvalue weighted by Gasteiger charge is 2.39. The molecule has 3 atom stereocenters. The summed E-state index contributed by atoms with van der Waals surface area (Å²) in [6, 6.07) is 13.7. The third-order valence-corrected chi connectivity index (χ3v) is 5.39. The Morgan fingerprint density at radius 2 is 1.85 bits per heavy atom. The van der Waals surface area contributed by atoms with Crippen molar-refractivity contribution in [2.45, 2.75) is 44.8 Å². The lowest BCUT2D eigenvalue weighted by molar-refractivity contribution is -0.0381. The SMILES string of the molecule is CC(C)c1ccc2c(c1)C1OCCCC1C(c1ccc(F)cc1)N2.CO. The molecule has 26 heavy (non-hydrogen) atoms. The van der Waals surface area contributed by atoms with Crippen molar-refractivity contribution in [1.29, 1.82) is 0 Å². The molecule has 0 amide bonds. The summed E-state index contributed by atoms with van der Waals surface area (Å²) in [6.45, 7) is 5.26. The number of fused-ring (bicyclic) bond motifs is 3. The molecule has 2 aliphatic rings. The highest BCUT2D eigenvalue weighted by molar-refractivity contribution is 5.58. The van der Waals surface area contributed by atoms with Crippen LogP contribution >= 0.6 is 0 Å². The minimum atomic E-state index is -0.187. The Morgan fingerprint density at radius 3 is 2.54 bits per heavy atom. The van der Waals surface area contributed by atoms with E-state index in [2.05, 4.69) is 37.4 Å². The van der Waals surface area contributed by atoms with Gasteiger partial charge in [-0.25, -0.2) is 4.39 Å². The van der Waals surface area contributed by atoms with Crippen LogP contribution in [0.2, 0.25) is 0 Å². The van der Waals surface area contributed by atoms with Crippen LogP contribution in [0.4, 0.5) is 10.1 Å². The quantitative estimate of drug-likeness (QED) is 0.777. The lowest BCUT2D eigenvalue weighted by Gasteiger charge is -2.43. The maximum Gasteiger partial charge on any atom is 0.123 e. The number of nitrogens with one attached hydrogen (secondary N) is 1. The van der Waals surface area contributed by atoms with E-state index >= 15 is 0 Å². The maximum absolute atomic E-state index is 13.3. The zero-order valence-corrected chi connectivity index (χ0v) is 15.7. The van der Waals surface area contributed by atoms with E-state index in [1.165, 1.54) is 11.1 Å². The van der Waals surface area contributed by atoms with Crippen molar-refractivity contribution in [3.63, 3.8) is 0 Å². The second kappa shape index (κ2) is 8.19. The predicted molar refractivity (Wildman–Crippen MR) is 103 cm³/mol. The van der Waals surface area contributed by atoms with E-state index in [-0.39, 0.29) is 18.0 Å². The van der Waals surface area contributed by atoms with Crippen LogP contribution in [0.15, 0.2) is 42.5 Å². The Balaban J connectivity index is 0.000000948. The fraction of sp³-hybridized carbons (Fsp3) is 0.455. The highest BCUT2D eigenvalue weighted by atomic mass is 19.1. The van der Waals surface area contributed by atoms with Gasteiger partial charge in [-0.05, 0) is 48.1 Å². The standard InChI is InChI=1S/C21H24FNO.CH4O/c1-13(2)15-7-10-19-18(12-15)21-17(4-3-11-24-21)20(23-19)14-5-8-16(22)9-6-14;1-2/h5-10,12-13,17,20-21,23H,3-4,11H2,1-2H3;2H,1H3. The minimum absolute atomic E-state index is 0.128. The molecule has 0 aliphatic carbocycles. The van der Waals surface area contributed by atoms with Crippen LogP contribution in [-0.4, -0.2) is 18.8 Å². The Labute approximate surface area is 155 Å². The third-order valence-electron chi connectivity index (χ3n) is 5.39. The Morgan fingerprint density at radius 1 is 1.12 bits per heavy atom. The first-order valence-corrected chi connectivity index (χ1v) is 9.35. The van der Waals surface area contributed by atoms with Crippen LogP contribution in [0.25, 0.3) is 0 Å². The lowest BCUT2D eigenvalue weighted by Crippen LogP contribution is -2.36. The van der Waals surface area contributed by atoms with E-state index in [9.17, 15) is 4.39 Å². The number of aliphatic hydroxyl groups is 1. The van der Waals surface area contributed by atoms with Gasteiger partial charge in [-0.15, -0.1) is 0 Å². The fourth-order valence-corrected chi connectivity index (χ4v) is 4.05. The van der Waals surface area contributed by atoms with Gasteiger partial charge in [-0.1, -0.05) is 38.1 Å². The van der Waals surface area contributed by atoms with E-state index in [0.29, 0.717) is 11.8 Å². The molecule has 0 radical (unpaired) electrons. The van der Waals surface area contributed by atoms with Crippen molar-refractivity contribution in [1.82, 2.24) is 0 Å². The molecular formula is C22H28FNO2. The van der Waals surface area contributed by atoms with Crippen molar-refractivity contribution < 1.29 is 14.2 Å². The van der Waals surface area contributed by atoms with Gasteiger partial charge in [0.05, 0.1) is 12.1 Å². The molecule has 3 nitrogen and oxygen atoms in total. The second-order valence-electron chi connectivity index (χ2n) is 7.27. The number of anilines is 1. The lowest BCUT2D eigenvalue weighted by atomic mass is 9.77. The molecule has 2 aromatic carbocycles. The Bertz CT molecular complexity index is 729. The first kappa shape index (κ1) is 18.9. The molecule has 4 heteroatoms. The van der Waals surface area contributed by atoms with E-state index < -0.39 is 0 Å². The third kappa shape index (κ3) is 3.62. The molecule has 140 valence electrons. The summed E-state index contributed by atoms with van der Waals surface area (Å²) in [5.74, 6) is 0.708. The molecule has 1 saturated heterocycles. The first-order valence-electron chi connectivity index (χ1n) is 9.35. The summed E-state index contributed by atoms with van der Waals surface area (Å²) < 4.78 is 19.5. The van der Waals surface area contributed by atoms with Gasteiger partial charge < -0.3 is 15.2 Å². The van der Waals surface area contributed by atoms with Gasteiger partial charge in [0.25, 0.3) is 0 Å². The maximum atomic E-state index is 13.3. The number of hydrogen-bond acceptors (Lipinski definition) is 3. The molecule has 1 fully saturated rings. The molecule has 2 aliphatic heterocycles. The topological polar surface area (TPSA) is 41.5 Å². The van der Waals surface area contributed by atoms with Crippen LogP contribution < -0.4 is 5.32 Å². The van der Waals surface area contributed by atoms with Gasteiger partial charge in [0.15, 0.2) is 0 Å². The van der Waals surface area contributed by atoms with Crippen LogP contribution in [-0.2, 0) is 4.74 Å². The van der Waals surface area contributed by atoms with Gasteiger partial charge in [-0.2, -0.15) is 0 Å². The summed E-state index contributed by atoms with van der Waals surface area (Å²) in [7, 11) is 1.00. The average Bonchev–Trinajstić information content (AvgIpc) is 2.69. The van der Waals surface area contributed by atoms with E-state index in [1.807, 2.05) is 12.1 Å². The Hall–Kier alpha value is -1.91. The zero-order valence-electron chi connectivity index (χ0n) is 15.7. The minimum Gasteiger partial charge on any atom is -0.400 e. The summed E-state index contributed by atoms with van der Waals surface area (Å²) >= 11 is 0. The zero-order chi connectivity index (χ0) is 18.7. The van der Waals surface area contributed by atoms with Crippen LogP contribution in [0.5, 0.6) is 0 Å². The van der Waals surface area contributed by atoms with Crippen LogP contribution in [0, 0.1) is 11.7 Å². The van der Waals surface area contributed by atoms with Crippen LogP contribution in [0.1, 0.15) is 61.4 Å². The number of halogens is 1. The molecule has 3 unspecified atom stereocenters. The predicted octanol–water partition coefficient (Wildman–Crippen LogP) is 5.19. The molecule has 2 N–H and O–H groups in total. The Kier molecular flexibility index (Phi) is 5.94. The smallest absolute Gasteiger partial charge is 0.123 e. The molecule has 0 spiro atoms. The summed E-state index contributed by atoms with van der Waals surface area (Å²) in [4.78, 5) is 0. The van der Waals surface area contributed by atoms with Crippen molar-refractivity contribution in [2.24, 2.45) is 5.92 Å². The van der Waals surface area contributed by atoms with Crippen molar-refractivity contribution in [3.05, 3.63) is 65.0 Å². The molecule has 4 rings (SSSR count). The van der Waals surface area contributed by atoms with Crippen molar-refractivity contribution >= 4 is 5.69 Å². The van der Waals surface area contributed by atoms with Crippen molar-refractivity contribution in [2.75, 3.05) is 19.0 Å². The van der Waals surface area contributed by atoms with E-state index in [0.717, 1.165) is 37.8 Å². The van der Waals surface area contributed by atoms with Gasteiger partial charge in [0.2, 0.25) is 0 Å². The highest BCUT2D eigenvalue weighted by Crippen LogP contribution is 2.49. The first-order chi connectivity index (χ1) is 12.6. The van der Waals surface area contributed by atoms with E-state index in [1.54, 1.807) is 12.1 Å². The van der Waals surface area contributed by atoms with Crippen molar-refractivity contribution in [3.8, 4) is 0 Å². The molecule has 0 bridgehead atoms. The number of hydrogen-bond donors (Lipinski definition) is 2.